The lowest BCUT2D eigenvalue weighted by atomic mass is 10.1. The van der Waals surface area contributed by atoms with Crippen LogP contribution in [-0.2, 0) is 6.42 Å². The first-order valence-electron chi connectivity index (χ1n) is 8.53. The fourth-order valence-corrected chi connectivity index (χ4v) is 2.08. The molecule has 0 saturated carbocycles. The highest BCUT2D eigenvalue weighted by Crippen LogP contribution is 2.35. The van der Waals surface area contributed by atoms with E-state index in [0.29, 0.717) is 0 Å². The van der Waals surface area contributed by atoms with Crippen LogP contribution >= 0.6 is 0 Å². The molecular weight excluding hydrogens is 266 g/mol. The van der Waals surface area contributed by atoms with Crippen LogP contribution < -0.4 is 0 Å². The zero-order valence-corrected chi connectivity index (χ0v) is 15.5. The Labute approximate surface area is 138 Å². The van der Waals surface area contributed by atoms with Gasteiger partial charge in [0, 0.05) is 0 Å². The monoisotopic (exact) mass is 299 g/mol. The molecule has 0 fully saturated rings. The van der Waals surface area contributed by atoms with Crippen LogP contribution in [0.15, 0.2) is 48.5 Å². The molecule has 1 nitrogen and oxygen atoms in total. The molecule has 0 amide bonds. The predicted molar refractivity (Wildman–Crippen MR) is 102 cm³/mol. The first-order valence-corrected chi connectivity index (χ1v) is 8.53. The summed E-state index contributed by atoms with van der Waals surface area (Å²) in [6.07, 6.45) is 1.10. The number of benzene rings is 2. The van der Waals surface area contributed by atoms with Crippen LogP contribution in [0.4, 0.5) is 0 Å². The van der Waals surface area contributed by atoms with Crippen molar-refractivity contribution in [3.05, 3.63) is 59.7 Å². The summed E-state index contributed by atoms with van der Waals surface area (Å²) in [6.45, 7) is 11.3. The molecule has 0 unspecified atom stereocenters. The summed E-state index contributed by atoms with van der Waals surface area (Å²) >= 11 is 0. The molecule has 0 saturated heterocycles. The van der Waals surface area contributed by atoms with Gasteiger partial charge in [-0.25, -0.2) is 0 Å². The number of fused-ring (bicyclic) bond motifs is 3. The van der Waals surface area contributed by atoms with Crippen molar-refractivity contribution < 1.29 is 0 Å². The molecule has 0 aromatic heterocycles. The molecule has 2 aromatic carbocycles. The average Bonchev–Trinajstić information content (AvgIpc) is 2.97. The summed E-state index contributed by atoms with van der Waals surface area (Å²) < 4.78 is 0. The molecule has 1 heteroatoms. The van der Waals surface area contributed by atoms with Gasteiger partial charge in [0.15, 0.2) is 0 Å². The molecule has 122 valence electrons. The van der Waals surface area contributed by atoms with Crippen molar-refractivity contribution in [1.29, 1.82) is 0 Å². The van der Waals surface area contributed by atoms with E-state index in [-0.39, 0.29) is 0 Å². The van der Waals surface area contributed by atoms with E-state index >= 15 is 0 Å². The summed E-state index contributed by atoms with van der Waals surface area (Å²) in [6, 6.07) is 17.3. The topological polar surface area (TPSA) is 3.24 Å². The molecule has 0 aliphatic heterocycles. The lowest BCUT2D eigenvalue weighted by Crippen LogP contribution is -2.08. The van der Waals surface area contributed by atoms with Gasteiger partial charge in [0.1, 0.15) is 0 Å². The molecule has 0 spiro atoms. The van der Waals surface area contributed by atoms with E-state index < -0.39 is 0 Å². The zero-order chi connectivity index (χ0) is 17.0. The molecule has 3 rings (SSSR count). The van der Waals surface area contributed by atoms with Gasteiger partial charge >= 0.3 is 0 Å². The Morgan fingerprint density at radius 2 is 1.05 bits per heavy atom. The van der Waals surface area contributed by atoms with Gasteiger partial charge in [-0.2, -0.15) is 0 Å². The second-order valence-electron chi connectivity index (χ2n) is 4.89. The highest BCUT2D eigenvalue weighted by molar-refractivity contribution is 5.76. The lowest BCUT2D eigenvalue weighted by molar-refractivity contribution is 0.434. The van der Waals surface area contributed by atoms with Gasteiger partial charge in [0.2, 0.25) is 0 Å². The maximum Gasteiger partial charge on any atom is -0.00135 e. The van der Waals surface area contributed by atoms with Crippen molar-refractivity contribution in [3.8, 4) is 11.1 Å². The molecule has 2 aromatic rings. The van der Waals surface area contributed by atoms with Gasteiger partial charge in [-0.15, -0.1) is 0 Å². The van der Waals surface area contributed by atoms with Crippen LogP contribution in [-0.4, -0.2) is 25.5 Å². The first-order chi connectivity index (χ1) is 10.7. The summed E-state index contributed by atoms with van der Waals surface area (Å²) in [5.74, 6) is 0. The smallest absolute Gasteiger partial charge is 0.00135 e. The predicted octanol–water partition coefficient (Wildman–Crippen LogP) is 5.88. The molecule has 1 aliphatic rings. The molecule has 0 atom stereocenters. The normalized spacial score (nSPS) is 10.0. The van der Waals surface area contributed by atoms with Crippen LogP contribution in [0, 0.1) is 0 Å². The number of hydrogen-bond acceptors (Lipinski definition) is 1. The van der Waals surface area contributed by atoms with E-state index in [9.17, 15) is 0 Å². The van der Waals surface area contributed by atoms with Gasteiger partial charge in [0.05, 0.1) is 0 Å². The quantitative estimate of drug-likeness (QED) is 0.542. The van der Waals surface area contributed by atoms with Crippen LogP contribution in [0.3, 0.4) is 0 Å². The van der Waals surface area contributed by atoms with Gasteiger partial charge in [-0.3, -0.25) is 0 Å². The van der Waals surface area contributed by atoms with Gasteiger partial charge in [0.25, 0.3) is 0 Å². The summed E-state index contributed by atoms with van der Waals surface area (Å²) in [5, 5.41) is 0. The van der Waals surface area contributed by atoms with Gasteiger partial charge in [-0.05, 0) is 49.3 Å². The summed E-state index contributed by atoms with van der Waals surface area (Å²) in [7, 11) is 4.11. The van der Waals surface area contributed by atoms with Crippen molar-refractivity contribution >= 4 is 0 Å². The molecule has 0 bridgehead atoms. The minimum atomic E-state index is 1.10. The van der Waals surface area contributed by atoms with Crippen LogP contribution in [0.1, 0.15) is 45.7 Å². The van der Waals surface area contributed by atoms with Crippen molar-refractivity contribution in [3.63, 3.8) is 0 Å². The standard InChI is InChI=1S/C13H10.C4H11N.2C2H6/c1-3-7-12-10(5-1)9-11-6-2-4-8-13(11)12;1-4-5(2)3;2*1-2/h1-8H,9H2;4H2,1-3H3;2*1-2H3. The largest absolute Gasteiger partial charge is 0.310 e. The van der Waals surface area contributed by atoms with E-state index in [2.05, 4.69) is 74.4 Å². The van der Waals surface area contributed by atoms with Gasteiger partial charge < -0.3 is 4.90 Å². The fourth-order valence-electron chi connectivity index (χ4n) is 2.08. The molecule has 1 aliphatic carbocycles. The Hall–Kier alpha value is -1.60. The Bertz CT molecular complexity index is 471. The molecule has 0 heterocycles. The average molecular weight is 300 g/mol. The van der Waals surface area contributed by atoms with E-state index in [1.807, 2.05) is 27.7 Å². The number of rotatable bonds is 1. The second-order valence-corrected chi connectivity index (χ2v) is 4.89. The highest BCUT2D eigenvalue weighted by atomic mass is 15.0. The number of nitrogens with zero attached hydrogens (tertiary/aromatic N) is 1. The van der Waals surface area contributed by atoms with Crippen LogP contribution in [0.5, 0.6) is 0 Å². The summed E-state index contributed by atoms with van der Waals surface area (Å²) in [4.78, 5) is 2.12. The van der Waals surface area contributed by atoms with Crippen molar-refractivity contribution in [2.75, 3.05) is 20.6 Å². The SMILES string of the molecule is CC.CC.CCN(C)C.c1ccc2c(c1)Cc1ccccc1-2. The van der Waals surface area contributed by atoms with E-state index in [4.69, 9.17) is 0 Å². The van der Waals surface area contributed by atoms with Crippen molar-refractivity contribution in [1.82, 2.24) is 4.90 Å². The molecule has 0 radical (unpaired) electrons. The maximum absolute atomic E-state index is 2.22. The Morgan fingerprint density at radius 3 is 1.36 bits per heavy atom. The van der Waals surface area contributed by atoms with E-state index in [0.717, 1.165) is 13.0 Å². The maximum atomic E-state index is 2.22. The second kappa shape index (κ2) is 12.0. The van der Waals surface area contributed by atoms with Crippen LogP contribution in [0.25, 0.3) is 11.1 Å². The minimum absolute atomic E-state index is 1.10. The third kappa shape index (κ3) is 6.03. The Balaban J connectivity index is 0.000000420. The van der Waals surface area contributed by atoms with Crippen molar-refractivity contribution in [2.24, 2.45) is 0 Å². The Morgan fingerprint density at radius 1 is 0.727 bits per heavy atom. The zero-order valence-electron chi connectivity index (χ0n) is 15.5. The third-order valence-corrected chi connectivity index (χ3v) is 3.34. The molecule has 22 heavy (non-hydrogen) atoms. The van der Waals surface area contributed by atoms with Crippen LogP contribution in [0.2, 0.25) is 0 Å². The van der Waals surface area contributed by atoms with E-state index in [1.165, 1.54) is 22.3 Å². The Kier molecular flexibility index (Phi) is 11.1. The first kappa shape index (κ1) is 20.4. The minimum Gasteiger partial charge on any atom is -0.310 e. The molecule has 0 N–H and O–H groups in total. The highest BCUT2D eigenvalue weighted by Gasteiger charge is 2.15. The lowest BCUT2D eigenvalue weighted by Gasteiger charge is -2.00. The summed E-state index contributed by atoms with van der Waals surface area (Å²) in [5.41, 5.74) is 5.75. The molecular formula is C21H33N. The fraction of sp³-hybridized carbons (Fsp3) is 0.429. The van der Waals surface area contributed by atoms with Crippen molar-refractivity contribution in [2.45, 2.75) is 41.0 Å². The van der Waals surface area contributed by atoms with E-state index in [1.54, 1.807) is 0 Å². The third-order valence-electron chi connectivity index (χ3n) is 3.34. The van der Waals surface area contributed by atoms with Gasteiger partial charge in [-0.1, -0.05) is 83.1 Å². The number of hydrogen-bond donors (Lipinski definition) is 0.